The lowest BCUT2D eigenvalue weighted by Gasteiger charge is -2.40. The normalized spacial score (nSPS) is 23.4. The summed E-state index contributed by atoms with van der Waals surface area (Å²) in [4.78, 5) is 134. The molecule has 0 bridgehead atoms. The Balaban J connectivity index is 0.920. The lowest BCUT2D eigenvalue weighted by molar-refractivity contribution is -0.282. The van der Waals surface area contributed by atoms with Crippen molar-refractivity contribution in [2.75, 3.05) is 146 Å². The van der Waals surface area contributed by atoms with Crippen molar-refractivity contribution >= 4 is 58.9 Å². The standard InChI is InChI=1S/C102H161N7O32/c1-69(113)34-43-91(122)138-80-59-76(65-137-102(73-27-14-13-15-28-73,74-35-39-78(129-5)40-36-74)75-37-41-79(130-6)42-38-75)109(61-80)90(121)33-17-12-10-8-7-9-11-16-29-77(114)60-101(66-131-56-44-87(118)106-50-24-47-103-84(115)30-18-21-53-134-98-70(2)92(123)95(126)81(62-110)139-98,67-132-57-45-88(119)107-51-25-48-104-85(116)31-19-22-54-135-99-71(3)93(124)96(127)82(63-111)140-99)68-133-58-46-89(120)108-52-26-49-105-86(117)32-20-23-55-136-100-72(4)94(125)97(128)83(64-112)141-100/h13-15,27-28,35-42,70-72,76,80-83,92-100,110-112,123-128H,7-12,16-26,29-34,43-68H2,1-6H3,(H,103,115)(H,104,116)(H,105,117)(H,106,118)(H,107,119)(H,108,120)/t70?,71?,72?,76?,80-,81?,82?,83?,92?,93?,94?,95?,96?,97?,98?,99?,100?,101?/m1/s1. The van der Waals surface area contributed by atoms with Gasteiger partial charge in [0.25, 0.3) is 0 Å². The van der Waals surface area contributed by atoms with Crippen molar-refractivity contribution in [3.63, 3.8) is 0 Å². The Hall–Kier alpha value is -8.40. The van der Waals surface area contributed by atoms with Crippen LogP contribution >= 0.6 is 0 Å². The number of esters is 1. The largest absolute Gasteiger partial charge is 0.497 e. The first-order chi connectivity index (χ1) is 68.0. The molecule has 4 heterocycles. The van der Waals surface area contributed by atoms with Crippen molar-refractivity contribution in [2.24, 2.45) is 23.2 Å². The van der Waals surface area contributed by atoms with Gasteiger partial charge in [-0.2, -0.15) is 0 Å². The molecule has 0 aromatic heterocycles. The number of benzene rings is 3. The minimum atomic E-state index is -1.25. The SMILES string of the molecule is COc1ccc(C(OCC2C[C@@H](OC(=O)CCC(C)=O)CN2C(=O)CCCCCCCCCCC(=O)CC(COCCC(=O)NCCCNC(=O)CCCCOC2OC(CO)C(O)C(O)C2C)(COCCC(=O)NCCCNC(=O)CCCCOC2OC(CO)C(O)C(O)C2C)COCCC(=O)NCCCNC(=O)CCCCOC2OC(CO)C(O)C(O)C2C)(c2ccccc2)c2ccc(OC)cc2)cc1. The number of carbonyl (C=O) groups excluding carboxylic acids is 10. The van der Waals surface area contributed by atoms with Crippen LogP contribution in [0.25, 0.3) is 0 Å². The van der Waals surface area contributed by atoms with Crippen molar-refractivity contribution < 1.29 is 155 Å². The predicted molar refractivity (Wildman–Crippen MR) is 515 cm³/mol. The number of methoxy groups -OCH3 is 2. The summed E-state index contributed by atoms with van der Waals surface area (Å²) in [6.07, 6.45) is -1.92. The number of carbonyl (C=O) groups is 10. The molecule has 16 unspecified atom stereocenters. The van der Waals surface area contributed by atoms with E-state index in [-0.39, 0.29) is 235 Å². The summed E-state index contributed by atoms with van der Waals surface area (Å²) in [5.41, 5.74) is 0.0814. The summed E-state index contributed by atoms with van der Waals surface area (Å²) in [5, 5.41) is 107. The smallest absolute Gasteiger partial charge is 0.306 e. The summed E-state index contributed by atoms with van der Waals surface area (Å²) in [7, 11) is 3.20. The lowest BCUT2D eigenvalue weighted by Crippen LogP contribution is -2.55. The van der Waals surface area contributed by atoms with Gasteiger partial charge >= 0.3 is 5.97 Å². The Bertz CT molecular complexity index is 3840. The molecule has 4 saturated heterocycles. The van der Waals surface area contributed by atoms with E-state index >= 15 is 0 Å². The molecule has 39 heteroatoms. The van der Waals surface area contributed by atoms with Crippen LogP contribution in [0.3, 0.4) is 0 Å². The first-order valence-corrected chi connectivity index (χ1v) is 50.5. The van der Waals surface area contributed by atoms with Gasteiger partial charge in [0, 0.05) is 153 Å². The molecule has 39 nitrogen and oxygen atoms in total. The monoisotopic (exact) mass is 2000 g/mol. The fraction of sp³-hybridized carbons (Fsp3) is 0.725. The molecule has 796 valence electrons. The number of amides is 7. The first kappa shape index (κ1) is 120. The van der Waals surface area contributed by atoms with Crippen LogP contribution in [0, 0.1) is 23.2 Å². The van der Waals surface area contributed by atoms with E-state index in [9.17, 15) is 93.9 Å². The van der Waals surface area contributed by atoms with Gasteiger partial charge in [0.05, 0.1) is 118 Å². The maximum absolute atomic E-state index is 14.5. The topological polar surface area (TPSA) is 548 Å². The van der Waals surface area contributed by atoms with Gasteiger partial charge in [-0.05, 0) is 119 Å². The Labute approximate surface area is 828 Å². The molecule has 4 aliphatic rings. The van der Waals surface area contributed by atoms with Crippen LogP contribution < -0.4 is 41.4 Å². The van der Waals surface area contributed by atoms with Crippen LogP contribution in [0.4, 0.5) is 0 Å². The van der Waals surface area contributed by atoms with Crippen LogP contribution in [0.1, 0.15) is 231 Å². The van der Waals surface area contributed by atoms with E-state index in [2.05, 4.69) is 31.9 Å². The zero-order valence-corrected chi connectivity index (χ0v) is 83.3. The van der Waals surface area contributed by atoms with E-state index in [1.165, 1.54) is 6.92 Å². The highest BCUT2D eigenvalue weighted by Crippen LogP contribution is 2.43. The average Bonchev–Trinajstić information content (AvgIpc) is 1.38. The molecule has 17 atom stereocenters. The summed E-state index contributed by atoms with van der Waals surface area (Å²) in [6.45, 7) is 6.76. The molecule has 0 spiro atoms. The molecule has 4 fully saturated rings. The molecular weight excluding hydrogens is 1840 g/mol. The number of rotatable bonds is 73. The Morgan fingerprint density at radius 3 is 1.09 bits per heavy atom. The number of hydrogen-bond acceptors (Lipinski definition) is 32. The van der Waals surface area contributed by atoms with Crippen LogP contribution in [-0.4, -0.2) is 342 Å². The molecular formula is C102H161N7O32. The second-order valence-electron chi connectivity index (χ2n) is 37.4. The number of unbranched alkanes of at least 4 members (excludes halogenated alkanes) is 10. The number of aliphatic hydroxyl groups is 9. The fourth-order valence-corrected chi connectivity index (χ4v) is 17.3. The molecule has 0 saturated carbocycles. The van der Waals surface area contributed by atoms with Crippen molar-refractivity contribution in [1.82, 2.24) is 36.8 Å². The number of nitrogens with one attached hydrogen (secondary N) is 6. The van der Waals surface area contributed by atoms with Gasteiger partial charge in [0.1, 0.15) is 71.4 Å². The second kappa shape index (κ2) is 66.6. The maximum atomic E-state index is 14.5. The van der Waals surface area contributed by atoms with Gasteiger partial charge < -0.3 is 149 Å². The zero-order valence-electron chi connectivity index (χ0n) is 83.3. The number of nitrogens with zero attached hydrogens (tertiary/aromatic N) is 1. The molecule has 7 rings (SSSR count). The van der Waals surface area contributed by atoms with E-state index in [1.54, 1.807) is 39.9 Å². The van der Waals surface area contributed by atoms with Gasteiger partial charge in [0.2, 0.25) is 41.4 Å². The highest BCUT2D eigenvalue weighted by atomic mass is 16.7. The lowest BCUT2D eigenvalue weighted by atomic mass is 9.80. The number of ether oxygens (including phenoxy) is 13. The number of aliphatic hydroxyl groups excluding tert-OH is 9. The highest BCUT2D eigenvalue weighted by Gasteiger charge is 2.47. The van der Waals surface area contributed by atoms with Gasteiger partial charge in [-0.1, -0.05) is 114 Å². The minimum absolute atomic E-state index is 0.0407. The van der Waals surface area contributed by atoms with Crippen LogP contribution in [-0.2, 0) is 106 Å². The fourth-order valence-electron chi connectivity index (χ4n) is 17.3. The summed E-state index contributed by atoms with van der Waals surface area (Å²) >= 11 is 0. The summed E-state index contributed by atoms with van der Waals surface area (Å²) in [6, 6.07) is 24.6. The van der Waals surface area contributed by atoms with Gasteiger partial charge in [-0.15, -0.1) is 0 Å². The summed E-state index contributed by atoms with van der Waals surface area (Å²) < 4.78 is 77.3. The molecule has 7 amide bonds. The van der Waals surface area contributed by atoms with Crippen LogP contribution in [0.15, 0.2) is 78.9 Å². The minimum Gasteiger partial charge on any atom is -0.497 e. The predicted octanol–water partition coefficient (Wildman–Crippen LogP) is 4.61. The molecule has 0 aliphatic carbocycles. The molecule has 3 aromatic rings. The zero-order chi connectivity index (χ0) is 102. The van der Waals surface area contributed by atoms with Gasteiger partial charge in [-0.3, -0.25) is 43.2 Å². The average molecular weight is 2000 g/mol. The Kier molecular flexibility index (Phi) is 56.5. The van der Waals surface area contributed by atoms with E-state index < -0.39 is 141 Å². The quantitative estimate of drug-likeness (QED) is 0.0208. The Morgan fingerprint density at radius 1 is 0.390 bits per heavy atom. The molecule has 141 heavy (non-hydrogen) atoms. The first-order valence-electron chi connectivity index (χ1n) is 50.5. The van der Waals surface area contributed by atoms with Crippen molar-refractivity contribution in [2.45, 2.75) is 305 Å². The third-order valence-electron chi connectivity index (χ3n) is 26.0. The van der Waals surface area contributed by atoms with E-state index in [0.29, 0.717) is 88.5 Å². The number of likely N-dealkylation sites (tertiary alicyclic amines) is 1. The molecule has 3 aromatic carbocycles. The van der Waals surface area contributed by atoms with Crippen LogP contribution in [0.2, 0.25) is 0 Å². The number of hydrogen-bond donors (Lipinski definition) is 15. The maximum Gasteiger partial charge on any atom is 0.306 e. The molecule has 15 N–H and O–H groups in total. The number of ketones is 2. The third-order valence-corrected chi connectivity index (χ3v) is 26.0. The van der Waals surface area contributed by atoms with E-state index in [1.807, 2.05) is 78.9 Å². The van der Waals surface area contributed by atoms with Gasteiger partial charge in [-0.25, -0.2) is 0 Å². The Morgan fingerprint density at radius 2 is 0.730 bits per heavy atom. The molecule has 0 radical (unpaired) electrons. The van der Waals surface area contributed by atoms with Crippen molar-refractivity contribution in [3.8, 4) is 11.5 Å². The van der Waals surface area contributed by atoms with Crippen LogP contribution in [0.5, 0.6) is 11.5 Å². The number of Topliss-reactive ketones (excluding diaryl/α,β-unsaturated/α-hetero) is 2. The third kappa shape index (κ3) is 42.3. The highest BCUT2D eigenvalue weighted by molar-refractivity contribution is 5.82. The van der Waals surface area contributed by atoms with Gasteiger partial charge in [0.15, 0.2) is 18.9 Å². The van der Waals surface area contributed by atoms with Crippen molar-refractivity contribution in [1.29, 1.82) is 0 Å². The second-order valence-corrected chi connectivity index (χ2v) is 37.4. The van der Waals surface area contributed by atoms with Crippen molar-refractivity contribution in [3.05, 3.63) is 95.6 Å². The molecule has 4 aliphatic heterocycles. The van der Waals surface area contributed by atoms with E-state index in [0.717, 1.165) is 55.2 Å². The van der Waals surface area contributed by atoms with E-state index in [4.69, 9.17) is 61.6 Å². The summed E-state index contributed by atoms with van der Waals surface area (Å²) in [5.74, 6) is -2.81.